The molecule has 5 rings (SSSR count). The highest BCUT2D eigenvalue weighted by atomic mass is 32.3. The molecule has 0 radical (unpaired) electrons. The van der Waals surface area contributed by atoms with Crippen LogP contribution in [0, 0.1) is 56.2 Å². The molecule has 5 fully saturated rings. The Balaban J connectivity index is 1.38. The van der Waals surface area contributed by atoms with Crippen LogP contribution in [0.25, 0.3) is 0 Å². The molecule has 0 bridgehead atoms. The summed E-state index contributed by atoms with van der Waals surface area (Å²) in [5.41, 5.74) is 1.36. The van der Waals surface area contributed by atoms with Gasteiger partial charge in [0.25, 0.3) is 0 Å². The van der Waals surface area contributed by atoms with Crippen molar-refractivity contribution in [1.82, 2.24) is 0 Å². The molecule has 0 aromatic heterocycles. The summed E-state index contributed by atoms with van der Waals surface area (Å²) in [6, 6.07) is 0.00677. The lowest BCUT2D eigenvalue weighted by Crippen LogP contribution is -2.62. The average molecular weight is 520 g/mol. The van der Waals surface area contributed by atoms with Crippen molar-refractivity contribution in [2.45, 2.75) is 130 Å². The van der Waals surface area contributed by atoms with E-state index >= 15 is 0 Å². The van der Waals surface area contributed by atoms with E-state index in [1.165, 1.54) is 64.2 Å². The first-order valence-electron chi connectivity index (χ1n) is 15.3. The van der Waals surface area contributed by atoms with E-state index in [0.717, 1.165) is 36.7 Å². The Morgan fingerprint density at radius 3 is 2.03 bits per heavy atom. The summed E-state index contributed by atoms with van der Waals surface area (Å²) in [6.45, 7) is 18.2. The fraction of sp³-hybridized carbons (Fsp3) is 1.00. The van der Waals surface area contributed by atoms with Crippen molar-refractivity contribution in [3.8, 4) is 0 Å². The monoisotopic (exact) mass is 519 g/mol. The lowest BCUT2D eigenvalue weighted by Gasteiger charge is -2.68. The van der Waals surface area contributed by atoms with Gasteiger partial charge < -0.3 is 4.18 Å². The minimum absolute atomic E-state index is 0.00677. The molecular weight excluding hydrogens is 462 g/mol. The fourth-order valence-corrected chi connectivity index (χ4v) is 11.9. The van der Waals surface area contributed by atoms with E-state index in [1.54, 1.807) is 0 Å². The van der Waals surface area contributed by atoms with Gasteiger partial charge in [0.15, 0.2) is 0 Å². The van der Waals surface area contributed by atoms with Crippen LogP contribution in [0.2, 0.25) is 0 Å². The van der Waals surface area contributed by atoms with Gasteiger partial charge in [0.1, 0.15) is 0 Å². The van der Waals surface area contributed by atoms with E-state index in [4.69, 9.17) is 4.18 Å². The Labute approximate surface area is 224 Å². The van der Waals surface area contributed by atoms with E-state index in [0.29, 0.717) is 22.2 Å². The molecule has 5 saturated carbocycles. The van der Waals surface area contributed by atoms with Crippen molar-refractivity contribution < 1.29 is 4.18 Å². The van der Waals surface area contributed by atoms with Gasteiger partial charge in [-0.25, -0.2) is 0 Å². The SMILES string of the molecule is CC1(C)C(N=O)CCC2(C)C3CCC4C5CCCC5(COS(C)(C)C(C)(C)C)CC[C@@]4(C)C3CCC12. The number of fused-ring (bicyclic) bond motifs is 7. The largest absolute Gasteiger partial charge is 0.336 e. The molecule has 0 N–H and O–H groups in total. The second-order valence-electron chi connectivity index (χ2n) is 16.5. The zero-order valence-electron chi connectivity index (χ0n) is 25.1. The highest BCUT2D eigenvalue weighted by Gasteiger charge is 2.66. The minimum Gasteiger partial charge on any atom is -0.336 e. The molecule has 3 nitrogen and oxygen atoms in total. The molecule has 36 heavy (non-hydrogen) atoms. The first kappa shape index (κ1) is 27.5. The van der Waals surface area contributed by atoms with Crippen molar-refractivity contribution >= 4 is 10.3 Å². The molecule has 9 atom stereocenters. The van der Waals surface area contributed by atoms with E-state index in [2.05, 4.69) is 66.2 Å². The normalized spacial score (nSPS) is 48.8. The van der Waals surface area contributed by atoms with Crippen LogP contribution in [0.3, 0.4) is 0 Å². The number of hydrogen-bond acceptors (Lipinski definition) is 3. The topological polar surface area (TPSA) is 38.7 Å². The van der Waals surface area contributed by atoms with Crippen LogP contribution < -0.4 is 0 Å². The Morgan fingerprint density at radius 1 is 0.778 bits per heavy atom. The quantitative estimate of drug-likeness (QED) is 0.347. The Bertz CT molecular complexity index is 863. The summed E-state index contributed by atoms with van der Waals surface area (Å²) in [4.78, 5) is 11.7. The van der Waals surface area contributed by atoms with Gasteiger partial charge in [-0.1, -0.05) is 60.1 Å². The second kappa shape index (κ2) is 8.70. The van der Waals surface area contributed by atoms with Crippen LogP contribution in [0.4, 0.5) is 0 Å². The van der Waals surface area contributed by atoms with E-state index < -0.39 is 10.3 Å². The van der Waals surface area contributed by atoms with E-state index in [-0.39, 0.29) is 16.2 Å². The zero-order chi connectivity index (χ0) is 26.4. The summed E-state index contributed by atoms with van der Waals surface area (Å²) in [5, 5.41) is 3.64. The summed E-state index contributed by atoms with van der Waals surface area (Å²) in [6.07, 6.45) is 19.6. The molecule has 5 aliphatic rings. The van der Waals surface area contributed by atoms with Gasteiger partial charge >= 0.3 is 0 Å². The standard InChI is InChI=1S/C32H57NO2S/c1-28(2,3)36(8,9)35-21-32-17-10-11-25(32)24-13-12-23-22(30(24,6)19-20-32)14-15-26-29(4,5)27(33-34)16-18-31(23,26)7/h22-27H,10-21H2,1-9H3/t22?,23?,24?,25?,26?,27?,30-,31?,32?/m0/s1. The smallest absolute Gasteiger partial charge is 0.0973 e. The first-order chi connectivity index (χ1) is 16.6. The van der Waals surface area contributed by atoms with Gasteiger partial charge in [-0.15, -0.1) is 10.3 Å². The van der Waals surface area contributed by atoms with Crippen molar-refractivity contribution in [2.24, 2.45) is 56.4 Å². The third kappa shape index (κ3) is 3.83. The van der Waals surface area contributed by atoms with Gasteiger partial charge in [-0.2, -0.15) is 4.91 Å². The second-order valence-corrected chi connectivity index (χ2v) is 20.4. The molecule has 0 aliphatic heterocycles. The molecular formula is C32H57NO2S. The van der Waals surface area contributed by atoms with Gasteiger partial charge in [0, 0.05) is 4.75 Å². The summed E-state index contributed by atoms with van der Waals surface area (Å²) < 4.78 is 7.17. The van der Waals surface area contributed by atoms with Gasteiger partial charge in [0.2, 0.25) is 0 Å². The van der Waals surface area contributed by atoms with Crippen LogP contribution in [0.5, 0.6) is 0 Å². The van der Waals surface area contributed by atoms with Crippen LogP contribution in [-0.4, -0.2) is 29.9 Å². The zero-order valence-corrected chi connectivity index (χ0v) is 25.9. The van der Waals surface area contributed by atoms with E-state index in [1.807, 2.05) is 0 Å². The van der Waals surface area contributed by atoms with Gasteiger partial charge in [-0.3, -0.25) is 0 Å². The molecule has 0 aromatic carbocycles. The average Bonchev–Trinajstić information content (AvgIpc) is 3.21. The molecule has 0 aromatic rings. The predicted molar refractivity (Wildman–Crippen MR) is 155 cm³/mol. The molecule has 0 spiro atoms. The van der Waals surface area contributed by atoms with Crippen LogP contribution in [0.15, 0.2) is 5.18 Å². The van der Waals surface area contributed by atoms with E-state index in [9.17, 15) is 4.91 Å². The highest BCUT2D eigenvalue weighted by molar-refractivity contribution is 8.29. The van der Waals surface area contributed by atoms with Crippen molar-refractivity contribution in [3.63, 3.8) is 0 Å². The molecule has 8 unspecified atom stereocenters. The number of nitrogens with zero attached hydrogens (tertiary/aromatic N) is 1. The number of hydrogen-bond donors (Lipinski definition) is 0. The minimum atomic E-state index is -1.07. The number of rotatable bonds is 4. The van der Waals surface area contributed by atoms with Crippen LogP contribution in [0.1, 0.15) is 119 Å². The van der Waals surface area contributed by atoms with Crippen molar-refractivity contribution in [2.75, 3.05) is 19.1 Å². The first-order valence-corrected chi connectivity index (χ1v) is 17.7. The molecule has 5 aliphatic carbocycles. The maximum Gasteiger partial charge on any atom is 0.0973 e. The molecule has 0 saturated heterocycles. The highest BCUT2D eigenvalue weighted by Crippen LogP contribution is 2.73. The van der Waals surface area contributed by atoms with Crippen molar-refractivity contribution in [3.05, 3.63) is 4.91 Å². The summed E-state index contributed by atoms with van der Waals surface area (Å²) in [7, 11) is -1.07. The van der Waals surface area contributed by atoms with Gasteiger partial charge in [0.05, 0.1) is 12.6 Å². The summed E-state index contributed by atoms with van der Waals surface area (Å²) >= 11 is 0. The number of nitroso groups, excluding NO2 is 1. The summed E-state index contributed by atoms with van der Waals surface area (Å²) in [5.74, 6) is 4.09. The fourth-order valence-electron chi connectivity index (χ4n) is 11.0. The lowest BCUT2D eigenvalue weighted by atomic mass is 9.37. The van der Waals surface area contributed by atoms with Crippen LogP contribution >= 0.6 is 10.3 Å². The van der Waals surface area contributed by atoms with Gasteiger partial charge in [-0.05, 0) is 128 Å². The Kier molecular flexibility index (Phi) is 6.64. The molecule has 4 heteroatoms. The maximum atomic E-state index is 11.7. The third-order valence-electron chi connectivity index (χ3n) is 14.0. The third-order valence-corrected chi connectivity index (χ3v) is 17.6. The maximum absolute atomic E-state index is 11.7. The van der Waals surface area contributed by atoms with Crippen LogP contribution in [-0.2, 0) is 4.18 Å². The molecule has 0 heterocycles. The Hall–Kier alpha value is -0.0900. The predicted octanol–water partition coefficient (Wildman–Crippen LogP) is 9.38. The molecule has 0 amide bonds. The van der Waals surface area contributed by atoms with Crippen molar-refractivity contribution in [1.29, 1.82) is 0 Å². The Morgan fingerprint density at radius 2 is 1.39 bits per heavy atom. The molecule has 208 valence electrons. The lowest BCUT2D eigenvalue weighted by molar-refractivity contribution is -0.192.